The summed E-state index contributed by atoms with van der Waals surface area (Å²) in [5.41, 5.74) is 0.874. The lowest BCUT2D eigenvalue weighted by molar-refractivity contribution is -0.156. The molecule has 1 aromatic rings. The van der Waals surface area contributed by atoms with Crippen LogP contribution in [0.3, 0.4) is 0 Å². The molecule has 118 valence electrons. The van der Waals surface area contributed by atoms with E-state index >= 15 is 0 Å². The number of nitrogens with zero attached hydrogens (tertiary/aromatic N) is 1. The fourth-order valence-corrected chi connectivity index (χ4v) is 2.41. The van der Waals surface area contributed by atoms with Gasteiger partial charge in [-0.3, -0.25) is 19.3 Å². The van der Waals surface area contributed by atoms with Gasteiger partial charge in [0.15, 0.2) is 6.10 Å². The monoisotopic (exact) mass is 303 g/mol. The van der Waals surface area contributed by atoms with Crippen LogP contribution in [-0.4, -0.2) is 28.8 Å². The van der Waals surface area contributed by atoms with Gasteiger partial charge >= 0.3 is 5.97 Å². The Balaban J connectivity index is 1.90. The minimum atomic E-state index is -0.953. The molecule has 1 saturated heterocycles. The van der Waals surface area contributed by atoms with E-state index in [2.05, 4.69) is 0 Å². The first-order chi connectivity index (χ1) is 10.6. The van der Waals surface area contributed by atoms with Crippen LogP contribution in [0.1, 0.15) is 44.6 Å². The Morgan fingerprint density at radius 1 is 1.23 bits per heavy atom. The molecule has 2 rings (SSSR count). The van der Waals surface area contributed by atoms with Crippen molar-refractivity contribution in [3.05, 3.63) is 35.9 Å². The second-order valence-corrected chi connectivity index (χ2v) is 5.44. The molecule has 0 saturated carbocycles. The summed E-state index contributed by atoms with van der Waals surface area (Å²) in [6.07, 6.45) is 2.00. The molecule has 1 heterocycles. The number of hydrogen-bond acceptors (Lipinski definition) is 4. The summed E-state index contributed by atoms with van der Waals surface area (Å²) in [7, 11) is 0. The average molecular weight is 303 g/mol. The van der Waals surface area contributed by atoms with Crippen LogP contribution in [0.4, 0.5) is 0 Å². The SMILES string of the molecule is CCCCCC(=O)OC1CC(=O)N(Cc2ccccc2)C1=O. The molecule has 5 heteroatoms. The molecule has 1 aromatic carbocycles. The summed E-state index contributed by atoms with van der Waals surface area (Å²) < 4.78 is 5.16. The molecule has 0 radical (unpaired) electrons. The first kappa shape index (κ1) is 16.2. The van der Waals surface area contributed by atoms with Crippen molar-refractivity contribution in [2.75, 3.05) is 0 Å². The van der Waals surface area contributed by atoms with Crippen molar-refractivity contribution >= 4 is 17.8 Å². The molecule has 1 fully saturated rings. The molecule has 0 bridgehead atoms. The zero-order valence-corrected chi connectivity index (χ0v) is 12.8. The maximum atomic E-state index is 12.2. The summed E-state index contributed by atoms with van der Waals surface area (Å²) >= 11 is 0. The quantitative estimate of drug-likeness (QED) is 0.441. The zero-order valence-electron chi connectivity index (χ0n) is 12.8. The molecule has 1 aliphatic rings. The Morgan fingerprint density at radius 3 is 2.64 bits per heavy atom. The van der Waals surface area contributed by atoms with E-state index < -0.39 is 18.0 Å². The summed E-state index contributed by atoms with van der Waals surface area (Å²) in [5.74, 6) is -1.11. The van der Waals surface area contributed by atoms with Gasteiger partial charge in [-0.05, 0) is 12.0 Å². The standard InChI is InChI=1S/C17H21NO4/c1-2-3-5-10-16(20)22-14-11-15(19)18(17(14)21)12-13-8-6-4-7-9-13/h4,6-9,14H,2-3,5,10-12H2,1H3. The van der Waals surface area contributed by atoms with Gasteiger partial charge in [0.05, 0.1) is 13.0 Å². The molecule has 5 nitrogen and oxygen atoms in total. The van der Waals surface area contributed by atoms with E-state index in [0.717, 1.165) is 24.8 Å². The van der Waals surface area contributed by atoms with Crippen LogP contribution >= 0.6 is 0 Å². The third-order valence-electron chi connectivity index (χ3n) is 3.64. The Kier molecular flexibility index (Phi) is 5.69. The van der Waals surface area contributed by atoms with Crippen LogP contribution in [0.5, 0.6) is 0 Å². The van der Waals surface area contributed by atoms with E-state index in [1.165, 1.54) is 4.90 Å². The number of esters is 1. The van der Waals surface area contributed by atoms with Gasteiger partial charge in [-0.1, -0.05) is 50.1 Å². The number of benzene rings is 1. The van der Waals surface area contributed by atoms with E-state index in [4.69, 9.17) is 4.74 Å². The van der Waals surface area contributed by atoms with E-state index in [1.807, 2.05) is 37.3 Å². The maximum Gasteiger partial charge on any atom is 0.306 e. The number of hydrogen-bond donors (Lipinski definition) is 0. The van der Waals surface area contributed by atoms with Gasteiger partial charge < -0.3 is 4.74 Å². The number of likely N-dealkylation sites (tertiary alicyclic amines) is 1. The lowest BCUT2D eigenvalue weighted by Gasteiger charge is -2.15. The Morgan fingerprint density at radius 2 is 1.95 bits per heavy atom. The average Bonchev–Trinajstić information content (AvgIpc) is 2.76. The Labute approximate surface area is 130 Å². The molecule has 1 unspecified atom stereocenters. The number of unbranched alkanes of at least 4 members (excludes halogenated alkanes) is 2. The predicted octanol–water partition coefficient (Wildman–Crippen LogP) is 2.44. The van der Waals surface area contributed by atoms with E-state index in [9.17, 15) is 14.4 Å². The number of carbonyl (C=O) groups excluding carboxylic acids is 3. The number of carbonyl (C=O) groups is 3. The summed E-state index contributed by atoms with van der Waals surface area (Å²) in [6, 6.07) is 9.28. The molecule has 1 atom stereocenters. The van der Waals surface area contributed by atoms with Gasteiger partial charge in [0.2, 0.25) is 5.91 Å². The van der Waals surface area contributed by atoms with Gasteiger partial charge in [-0.25, -0.2) is 0 Å². The van der Waals surface area contributed by atoms with Gasteiger partial charge in [-0.2, -0.15) is 0 Å². The van der Waals surface area contributed by atoms with Gasteiger partial charge in [0.25, 0.3) is 5.91 Å². The highest BCUT2D eigenvalue weighted by Crippen LogP contribution is 2.20. The van der Waals surface area contributed by atoms with Gasteiger partial charge in [0.1, 0.15) is 0 Å². The normalized spacial score (nSPS) is 17.9. The van der Waals surface area contributed by atoms with Gasteiger partial charge in [-0.15, -0.1) is 0 Å². The first-order valence-corrected chi connectivity index (χ1v) is 7.69. The topological polar surface area (TPSA) is 63.7 Å². The lowest BCUT2D eigenvalue weighted by Crippen LogP contribution is -2.33. The molecule has 22 heavy (non-hydrogen) atoms. The van der Waals surface area contributed by atoms with Crippen molar-refractivity contribution < 1.29 is 19.1 Å². The summed E-state index contributed by atoms with van der Waals surface area (Å²) in [4.78, 5) is 37.0. The minimum Gasteiger partial charge on any atom is -0.452 e. The van der Waals surface area contributed by atoms with Crippen molar-refractivity contribution in [3.8, 4) is 0 Å². The van der Waals surface area contributed by atoms with Crippen LogP contribution in [0, 0.1) is 0 Å². The molecule has 2 amide bonds. The number of imide groups is 1. The van der Waals surface area contributed by atoms with Crippen LogP contribution in [0.25, 0.3) is 0 Å². The smallest absolute Gasteiger partial charge is 0.306 e. The highest BCUT2D eigenvalue weighted by Gasteiger charge is 2.40. The minimum absolute atomic E-state index is 0.0504. The van der Waals surface area contributed by atoms with Crippen molar-refractivity contribution in [1.82, 2.24) is 4.90 Å². The highest BCUT2D eigenvalue weighted by atomic mass is 16.5. The van der Waals surface area contributed by atoms with Crippen molar-refractivity contribution in [2.24, 2.45) is 0 Å². The Bertz CT molecular complexity index is 541. The third kappa shape index (κ3) is 4.16. The second-order valence-electron chi connectivity index (χ2n) is 5.44. The zero-order chi connectivity index (χ0) is 15.9. The fraction of sp³-hybridized carbons (Fsp3) is 0.471. The molecule has 0 spiro atoms. The molecule has 0 aliphatic carbocycles. The first-order valence-electron chi connectivity index (χ1n) is 7.69. The number of ether oxygens (including phenoxy) is 1. The van der Waals surface area contributed by atoms with Crippen LogP contribution in [0.2, 0.25) is 0 Å². The van der Waals surface area contributed by atoms with Crippen LogP contribution in [0.15, 0.2) is 30.3 Å². The lowest BCUT2D eigenvalue weighted by atomic mass is 10.2. The Hall–Kier alpha value is -2.17. The molecule has 1 aliphatic heterocycles. The third-order valence-corrected chi connectivity index (χ3v) is 3.64. The molecular weight excluding hydrogens is 282 g/mol. The number of amides is 2. The van der Waals surface area contributed by atoms with Crippen molar-refractivity contribution in [3.63, 3.8) is 0 Å². The molecular formula is C17H21NO4. The number of rotatable bonds is 7. The fourth-order valence-electron chi connectivity index (χ4n) is 2.41. The van der Waals surface area contributed by atoms with Crippen molar-refractivity contribution in [2.45, 2.75) is 51.7 Å². The van der Waals surface area contributed by atoms with Gasteiger partial charge in [0, 0.05) is 6.42 Å². The largest absolute Gasteiger partial charge is 0.452 e. The van der Waals surface area contributed by atoms with E-state index in [1.54, 1.807) is 0 Å². The second kappa shape index (κ2) is 7.73. The van der Waals surface area contributed by atoms with Crippen LogP contribution in [-0.2, 0) is 25.7 Å². The highest BCUT2D eigenvalue weighted by molar-refractivity contribution is 6.05. The van der Waals surface area contributed by atoms with E-state index in [0.29, 0.717) is 6.42 Å². The van der Waals surface area contributed by atoms with E-state index in [-0.39, 0.29) is 18.9 Å². The maximum absolute atomic E-state index is 12.2. The van der Waals surface area contributed by atoms with Crippen LogP contribution < -0.4 is 0 Å². The predicted molar refractivity (Wildman–Crippen MR) is 80.6 cm³/mol. The summed E-state index contributed by atoms with van der Waals surface area (Å²) in [5, 5.41) is 0. The summed E-state index contributed by atoms with van der Waals surface area (Å²) in [6.45, 7) is 2.27. The van der Waals surface area contributed by atoms with Crippen molar-refractivity contribution in [1.29, 1.82) is 0 Å². The molecule has 0 N–H and O–H groups in total. The molecule has 0 aromatic heterocycles.